The third kappa shape index (κ3) is 3.75. The van der Waals surface area contributed by atoms with Crippen LogP contribution in [0.15, 0.2) is 59.7 Å². The van der Waals surface area contributed by atoms with Crippen LogP contribution in [0.25, 0.3) is 0 Å². The maximum absolute atomic E-state index is 12.7. The van der Waals surface area contributed by atoms with Gasteiger partial charge in [-0.1, -0.05) is 37.3 Å². The number of carbonyl (C=O) groups excluding carboxylic acids is 1. The molecule has 20 heavy (non-hydrogen) atoms. The van der Waals surface area contributed by atoms with Gasteiger partial charge in [0.1, 0.15) is 5.82 Å². The summed E-state index contributed by atoms with van der Waals surface area (Å²) in [5, 5.41) is 3.93. The first-order valence-corrected chi connectivity index (χ1v) is 6.31. The second-order valence-electron chi connectivity index (χ2n) is 4.43. The highest BCUT2D eigenvalue weighted by atomic mass is 19.1. The van der Waals surface area contributed by atoms with Crippen LogP contribution in [-0.4, -0.2) is 12.1 Å². The summed E-state index contributed by atoms with van der Waals surface area (Å²) in [4.78, 5) is 11.7. The molecule has 1 atom stereocenters. The molecule has 4 heteroatoms. The largest absolute Gasteiger partial charge is 0.271 e. The number of nitrogens with zero attached hydrogens (tertiary/aromatic N) is 1. The summed E-state index contributed by atoms with van der Waals surface area (Å²) in [6, 6.07) is 15.2. The SMILES string of the molecule is CC(/C=N\NC(=O)c1ccc(F)cc1)c1ccccc1. The molecule has 0 aromatic heterocycles. The van der Waals surface area contributed by atoms with Gasteiger partial charge in [-0.25, -0.2) is 9.82 Å². The number of halogens is 1. The predicted octanol–water partition coefficient (Wildman–Crippen LogP) is 3.35. The minimum Gasteiger partial charge on any atom is -0.267 e. The Morgan fingerprint density at radius 3 is 2.45 bits per heavy atom. The number of hydrogen-bond donors (Lipinski definition) is 1. The Morgan fingerprint density at radius 1 is 1.15 bits per heavy atom. The van der Waals surface area contributed by atoms with Crippen molar-refractivity contribution in [2.24, 2.45) is 5.10 Å². The average Bonchev–Trinajstić information content (AvgIpc) is 2.48. The number of amides is 1. The number of nitrogens with one attached hydrogen (secondary N) is 1. The minimum absolute atomic E-state index is 0.102. The van der Waals surface area contributed by atoms with Crippen molar-refractivity contribution in [2.45, 2.75) is 12.8 Å². The first-order valence-electron chi connectivity index (χ1n) is 6.31. The van der Waals surface area contributed by atoms with Crippen LogP contribution in [0.5, 0.6) is 0 Å². The van der Waals surface area contributed by atoms with Crippen LogP contribution in [0.3, 0.4) is 0 Å². The van der Waals surface area contributed by atoms with Crippen molar-refractivity contribution >= 4 is 12.1 Å². The summed E-state index contributed by atoms with van der Waals surface area (Å²) in [6.07, 6.45) is 1.66. The fourth-order valence-electron chi connectivity index (χ4n) is 1.72. The van der Waals surface area contributed by atoms with Crippen molar-refractivity contribution in [3.05, 3.63) is 71.5 Å². The van der Waals surface area contributed by atoms with E-state index in [-0.39, 0.29) is 17.6 Å². The van der Waals surface area contributed by atoms with E-state index in [1.54, 1.807) is 6.21 Å². The van der Waals surface area contributed by atoms with E-state index in [2.05, 4.69) is 10.5 Å². The zero-order chi connectivity index (χ0) is 14.4. The van der Waals surface area contributed by atoms with E-state index in [1.807, 2.05) is 37.3 Å². The van der Waals surface area contributed by atoms with Crippen molar-refractivity contribution in [1.82, 2.24) is 5.43 Å². The molecule has 2 rings (SSSR count). The molecule has 0 aliphatic rings. The van der Waals surface area contributed by atoms with E-state index in [4.69, 9.17) is 0 Å². The fraction of sp³-hybridized carbons (Fsp3) is 0.125. The van der Waals surface area contributed by atoms with Crippen LogP contribution < -0.4 is 5.43 Å². The molecule has 1 amide bonds. The van der Waals surface area contributed by atoms with Crippen molar-refractivity contribution in [1.29, 1.82) is 0 Å². The summed E-state index contributed by atoms with van der Waals surface area (Å²) in [7, 11) is 0. The number of rotatable bonds is 4. The average molecular weight is 270 g/mol. The van der Waals surface area contributed by atoms with Gasteiger partial charge < -0.3 is 0 Å². The fourth-order valence-corrected chi connectivity index (χ4v) is 1.72. The van der Waals surface area contributed by atoms with Gasteiger partial charge in [0.05, 0.1) is 0 Å². The molecule has 0 aliphatic carbocycles. The first kappa shape index (κ1) is 13.9. The molecule has 0 radical (unpaired) electrons. The van der Waals surface area contributed by atoms with Gasteiger partial charge in [-0.05, 0) is 29.8 Å². The van der Waals surface area contributed by atoms with Gasteiger partial charge in [-0.15, -0.1) is 0 Å². The van der Waals surface area contributed by atoms with Crippen LogP contribution in [0.4, 0.5) is 4.39 Å². The lowest BCUT2D eigenvalue weighted by molar-refractivity contribution is 0.0955. The van der Waals surface area contributed by atoms with Crippen LogP contribution in [0, 0.1) is 5.82 Å². The number of carbonyl (C=O) groups is 1. The van der Waals surface area contributed by atoms with Crippen LogP contribution in [0.2, 0.25) is 0 Å². The Labute approximate surface area is 117 Å². The standard InChI is InChI=1S/C16H15FN2O/c1-12(13-5-3-2-4-6-13)11-18-19-16(20)14-7-9-15(17)10-8-14/h2-12H,1H3,(H,19,20)/b18-11-. The smallest absolute Gasteiger partial charge is 0.267 e. The van der Waals surface area contributed by atoms with Gasteiger partial charge in [-0.2, -0.15) is 5.10 Å². The van der Waals surface area contributed by atoms with Crippen molar-refractivity contribution < 1.29 is 9.18 Å². The molecule has 0 bridgehead atoms. The number of hydrogen-bond acceptors (Lipinski definition) is 2. The van der Waals surface area contributed by atoms with Crippen LogP contribution in [-0.2, 0) is 0 Å². The normalized spacial score (nSPS) is 12.3. The maximum Gasteiger partial charge on any atom is 0.271 e. The summed E-state index contributed by atoms with van der Waals surface area (Å²) in [6.45, 7) is 1.99. The third-order valence-electron chi connectivity index (χ3n) is 2.90. The highest BCUT2D eigenvalue weighted by Gasteiger charge is 2.04. The second-order valence-corrected chi connectivity index (χ2v) is 4.43. The molecule has 0 fully saturated rings. The van der Waals surface area contributed by atoms with E-state index >= 15 is 0 Å². The molecule has 0 spiro atoms. The van der Waals surface area contributed by atoms with Gasteiger partial charge in [0, 0.05) is 17.7 Å². The van der Waals surface area contributed by atoms with Gasteiger partial charge >= 0.3 is 0 Å². The van der Waals surface area contributed by atoms with Gasteiger partial charge in [-0.3, -0.25) is 4.79 Å². The monoisotopic (exact) mass is 270 g/mol. The topological polar surface area (TPSA) is 41.5 Å². The molecule has 2 aromatic carbocycles. The minimum atomic E-state index is -0.372. The molecular weight excluding hydrogens is 255 g/mol. The lowest BCUT2D eigenvalue weighted by Crippen LogP contribution is -2.18. The third-order valence-corrected chi connectivity index (χ3v) is 2.90. The summed E-state index contributed by atoms with van der Waals surface area (Å²) >= 11 is 0. The highest BCUT2D eigenvalue weighted by Crippen LogP contribution is 2.11. The quantitative estimate of drug-likeness (QED) is 0.672. The molecule has 0 aliphatic heterocycles. The molecule has 2 aromatic rings. The number of hydrazone groups is 1. The Balaban J connectivity index is 1.93. The second kappa shape index (κ2) is 6.61. The molecule has 3 nitrogen and oxygen atoms in total. The van der Waals surface area contributed by atoms with E-state index in [0.717, 1.165) is 5.56 Å². The highest BCUT2D eigenvalue weighted by molar-refractivity contribution is 5.94. The molecule has 1 N–H and O–H groups in total. The van der Waals surface area contributed by atoms with E-state index in [0.29, 0.717) is 5.56 Å². The lowest BCUT2D eigenvalue weighted by Gasteiger charge is -2.05. The van der Waals surface area contributed by atoms with Crippen molar-refractivity contribution in [3.63, 3.8) is 0 Å². The Bertz CT molecular complexity index is 594. The first-order chi connectivity index (χ1) is 9.66. The van der Waals surface area contributed by atoms with Crippen molar-refractivity contribution in [2.75, 3.05) is 0 Å². The molecule has 0 heterocycles. The zero-order valence-electron chi connectivity index (χ0n) is 11.1. The summed E-state index contributed by atoms with van der Waals surface area (Å²) in [5.74, 6) is -0.631. The predicted molar refractivity (Wildman–Crippen MR) is 77.2 cm³/mol. The molecule has 102 valence electrons. The molecule has 0 saturated carbocycles. The van der Waals surface area contributed by atoms with E-state index < -0.39 is 0 Å². The maximum atomic E-state index is 12.7. The van der Waals surface area contributed by atoms with E-state index in [1.165, 1.54) is 24.3 Å². The van der Waals surface area contributed by atoms with E-state index in [9.17, 15) is 9.18 Å². The Kier molecular flexibility index (Phi) is 4.60. The zero-order valence-corrected chi connectivity index (χ0v) is 11.1. The van der Waals surface area contributed by atoms with Crippen molar-refractivity contribution in [3.8, 4) is 0 Å². The van der Waals surface area contributed by atoms with Gasteiger partial charge in [0.15, 0.2) is 0 Å². The molecule has 0 saturated heterocycles. The molecular formula is C16H15FN2O. The summed E-state index contributed by atoms with van der Waals surface area (Å²) < 4.78 is 12.7. The van der Waals surface area contributed by atoms with Crippen LogP contribution in [0.1, 0.15) is 28.8 Å². The number of benzene rings is 2. The van der Waals surface area contributed by atoms with Gasteiger partial charge in [0.25, 0.3) is 5.91 Å². The van der Waals surface area contributed by atoms with Gasteiger partial charge in [0.2, 0.25) is 0 Å². The Morgan fingerprint density at radius 2 is 1.80 bits per heavy atom. The Hall–Kier alpha value is -2.49. The van der Waals surface area contributed by atoms with Crippen LogP contribution >= 0.6 is 0 Å². The molecule has 1 unspecified atom stereocenters. The summed E-state index contributed by atoms with van der Waals surface area (Å²) in [5.41, 5.74) is 3.92. The lowest BCUT2D eigenvalue weighted by atomic mass is 10.0.